The number of hydrogen-bond acceptors (Lipinski definition) is 4. The Kier molecular flexibility index (Phi) is 4.67. The van der Waals surface area contributed by atoms with Crippen LogP contribution in [0.15, 0.2) is 0 Å². The number of rotatable bonds is 4. The summed E-state index contributed by atoms with van der Waals surface area (Å²) in [5.41, 5.74) is 7.19. The second-order valence-corrected chi connectivity index (χ2v) is 4.54. The first-order valence-electron chi connectivity index (χ1n) is 5.62. The fourth-order valence-electron chi connectivity index (χ4n) is 1.67. The molecule has 0 atom stereocenters. The first-order chi connectivity index (χ1) is 8.67. The summed E-state index contributed by atoms with van der Waals surface area (Å²) >= 11 is 4.91. The van der Waals surface area contributed by atoms with Crippen LogP contribution < -0.4 is 10.6 Å². The minimum atomic E-state index is -4.33. The highest BCUT2D eigenvalue weighted by molar-refractivity contribution is 7.80. The van der Waals surface area contributed by atoms with Crippen LogP contribution in [0.2, 0.25) is 0 Å². The average Bonchev–Trinajstić information content (AvgIpc) is 2.27. The Morgan fingerprint density at radius 1 is 1.32 bits per heavy atom. The van der Waals surface area contributed by atoms with Crippen LogP contribution in [0, 0.1) is 13.8 Å². The van der Waals surface area contributed by atoms with Crippen molar-refractivity contribution >= 4 is 23.0 Å². The van der Waals surface area contributed by atoms with Crippen LogP contribution in [-0.2, 0) is 0 Å². The summed E-state index contributed by atoms with van der Waals surface area (Å²) in [6.45, 7) is 4.03. The van der Waals surface area contributed by atoms with Gasteiger partial charge in [-0.05, 0) is 26.3 Å². The number of nitrogens with zero attached hydrogens (tertiary/aromatic N) is 3. The van der Waals surface area contributed by atoms with Gasteiger partial charge in [0.05, 0.1) is 11.3 Å². The van der Waals surface area contributed by atoms with Crippen LogP contribution in [0.25, 0.3) is 0 Å². The van der Waals surface area contributed by atoms with Gasteiger partial charge in [-0.1, -0.05) is 12.2 Å². The highest BCUT2D eigenvalue weighted by Gasteiger charge is 2.32. The molecule has 0 amide bonds. The molecule has 0 bridgehead atoms. The quantitative estimate of drug-likeness (QED) is 0.861. The molecule has 0 spiro atoms. The standard InChI is InChI=1S/C11H15F3N4S/c1-4-18(5-11(12,13)14)10-8(9(15)19)6(2)7(3)16-17-10/h4-5H2,1-3H3,(H2,15,19). The summed E-state index contributed by atoms with van der Waals surface area (Å²) in [5, 5.41) is 7.67. The van der Waals surface area contributed by atoms with Gasteiger partial charge < -0.3 is 10.6 Å². The summed E-state index contributed by atoms with van der Waals surface area (Å²) < 4.78 is 37.6. The number of halogens is 3. The van der Waals surface area contributed by atoms with E-state index in [1.165, 1.54) is 0 Å². The third-order valence-electron chi connectivity index (χ3n) is 2.73. The van der Waals surface area contributed by atoms with Crippen molar-refractivity contribution in [1.82, 2.24) is 10.2 Å². The number of alkyl halides is 3. The van der Waals surface area contributed by atoms with Crippen molar-refractivity contribution in [2.24, 2.45) is 5.73 Å². The van der Waals surface area contributed by atoms with Gasteiger partial charge in [0.25, 0.3) is 0 Å². The van der Waals surface area contributed by atoms with Gasteiger partial charge in [-0.15, -0.1) is 5.10 Å². The largest absolute Gasteiger partial charge is 0.405 e. The van der Waals surface area contributed by atoms with Gasteiger partial charge in [0.1, 0.15) is 11.5 Å². The van der Waals surface area contributed by atoms with Crippen LogP contribution in [0.1, 0.15) is 23.7 Å². The van der Waals surface area contributed by atoms with Crippen LogP contribution in [0.4, 0.5) is 19.0 Å². The molecule has 8 heteroatoms. The second-order valence-electron chi connectivity index (χ2n) is 4.10. The van der Waals surface area contributed by atoms with E-state index in [0.717, 1.165) is 4.90 Å². The maximum absolute atomic E-state index is 12.5. The summed E-state index contributed by atoms with van der Waals surface area (Å²) in [5.74, 6) is 0.0791. The van der Waals surface area contributed by atoms with Gasteiger partial charge >= 0.3 is 6.18 Å². The molecule has 1 aromatic heterocycles. The van der Waals surface area contributed by atoms with Gasteiger partial charge in [0.2, 0.25) is 0 Å². The van der Waals surface area contributed by atoms with Crippen LogP contribution in [0.5, 0.6) is 0 Å². The third kappa shape index (κ3) is 3.76. The van der Waals surface area contributed by atoms with E-state index < -0.39 is 12.7 Å². The zero-order valence-electron chi connectivity index (χ0n) is 10.9. The van der Waals surface area contributed by atoms with Crippen molar-refractivity contribution < 1.29 is 13.2 Å². The third-order valence-corrected chi connectivity index (χ3v) is 2.94. The van der Waals surface area contributed by atoms with E-state index in [2.05, 4.69) is 10.2 Å². The Hall–Kier alpha value is -1.44. The molecule has 0 aliphatic rings. The van der Waals surface area contributed by atoms with E-state index in [1.807, 2.05) is 0 Å². The van der Waals surface area contributed by atoms with Crippen molar-refractivity contribution in [3.63, 3.8) is 0 Å². The van der Waals surface area contributed by atoms with Crippen molar-refractivity contribution in [1.29, 1.82) is 0 Å². The van der Waals surface area contributed by atoms with Crippen LogP contribution in [-0.4, -0.2) is 34.5 Å². The Bertz CT molecular complexity index is 488. The normalized spacial score (nSPS) is 11.5. The highest BCUT2D eigenvalue weighted by Crippen LogP contribution is 2.25. The molecule has 0 fully saturated rings. The van der Waals surface area contributed by atoms with Gasteiger partial charge in [0.15, 0.2) is 5.82 Å². The Morgan fingerprint density at radius 2 is 1.89 bits per heavy atom. The summed E-state index contributed by atoms with van der Waals surface area (Å²) in [7, 11) is 0. The van der Waals surface area contributed by atoms with E-state index in [1.54, 1.807) is 20.8 Å². The minimum absolute atomic E-state index is 0.0196. The number of nitrogens with two attached hydrogens (primary N) is 1. The lowest BCUT2D eigenvalue weighted by Gasteiger charge is -2.25. The first-order valence-corrected chi connectivity index (χ1v) is 6.03. The van der Waals surface area contributed by atoms with Crippen molar-refractivity contribution in [2.45, 2.75) is 26.9 Å². The Morgan fingerprint density at radius 3 is 2.32 bits per heavy atom. The Labute approximate surface area is 114 Å². The molecule has 1 aromatic rings. The molecule has 0 aliphatic carbocycles. The van der Waals surface area contributed by atoms with E-state index in [0.29, 0.717) is 16.8 Å². The van der Waals surface area contributed by atoms with E-state index >= 15 is 0 Å². The topological polar surface area (TPSA) is 55.0 Å². The predicted octanol–water partition coefficient (Wildman–Crippen LogP) is 2.12. The summed E-state index contributed by atoms with van der Waals surface area (Å²) in [6, 6.07) is 0. The molecule has 106 valence electrons. The molecule has 0 unspecified atom stereocenters. The summed E-state index contributed by atoms with van der Waals surface area (Å²) in [6.07, 6.45) is -4.33. The van der Waals surface area contributed by atoms with Gasteiger partial charge in [-0.2, -0.15) is 18.3 Å². The number of anilines is 1. The molecule has 1 rings (SSSR count). The van der Waals surface area contributed by atoms with E-state index in [-0.39, 0.29) is 17.4 Å². The SMILES string of the molecule is CCN(CC(F)(F)F)c1nnc(C)c(C)c1C(N)=S. The summed E-state index contributed by atoms with van der Waals surface area (Å²) in [4.78, 5) is 1.08. The lowest BCUT2D eigenvalue weighted by atomic mass is 10.1. The molecule has 19 heavy (non-hydrogen) atoms. The van der Waals surface area contributed by atoms with Gasteiger partial charge in [-0.25, -0.2) is 0 Å². The van der Waals surface area contributed by atoms with Crippen molar-refractivity contribution in [3.8, 4) is 0 Å². The van der Waals surface area contributed by atoms with Crippen molar-refractivity contribution in [3.05, 3.63) is 16.8 Å². The van der Waals surface area contributed by atoms with E-state index in [4.69, 9.17) is 18.0 Å². The molecule has 0 saturated carbocycles. The van der Waals surface area contributed by atoms with Crippen LogP contribution >= 0.6 is 12.2 Å². The molecular formula is C11H15F3N4S. The first kappa shape index (κ1) is 15.6. The zero-order chi connectivity index (χ0) is 14.8. The molecule has 4 nitrogen and oxygen atoms in total. The maximum atomic E-state index is 12.5. The Balaban J connectivity index is 3.32. The predicted molar refractivity (Wildman–Crippen MR) is 71.3 cm³/mol. The monoisotopic (exact) mass is 292 g/mol. The molecule has 0 radical (unpaired) electrons. The molecule has 2 N–H and O–H groups in total. The minimum Gasteiger partial charge on any atom is -0.389 e. The van der Waals surface area contributed by atoms with Gasteiger partial charge in [-0.3, -0.25) is 0 Å². The molecule has 0 aromatic carbocycles. The number of aromatic nitrogens is 2. The molecular weight excluding hydrogens is 277 g/mol. The molecule has 0 aliphatic heterocycles. The second kappa shape index (κ2) is 5.68. The van der Waals surface area contributed by atoms with Crippen molar-refractivity contribution in [2.75, 3.05) is 18.0 Å². The number of hydrogen-bond donors (Lipinski definition) is 1. The maximum Gasteiger partial charge on any atom is 0.405 e. The zero-order valence-corrected chi connectivity index (χ0v) is 11.7. The fourth-order valence-corrected chi connectivity index (χ4v) is 1.91. The average molecular weight is 292 g/mol. The number of aryl methyl sites for hydroxylation is 1. The van der Waals surface area contributed by atoms with E-state index in [9.17, 15) is 13.2 Å². The molecule has 1 heterocycles. The van der Waals surface area contributed by atoms with Gasteiger partial charge in [0, 0.05) is 6.54 Å². The lowest BCUT2D eigenvalue weighted by molar-refractivity contribution is -0.119. The highest BCUT2D eigenvalue weighted by atomic mass is 32.1. The fraction of sp³-hybridized carbons (Fsp3) is 0.545. The molecule has 0 saturated heterocycles. The lowest BCUT2D eigenvalue weighted by Crippen LogP contribution is -2.36. The van der Waals surface area contributed by atoms with Crippen LogP contribution in [0.3, 0.4) is 0 Å². The smallest absolute Gasteiger partial charge is 0.389 e. The number of thiocarbonyl (C=S) groups is 1.